The molecule has 4 heteroatoms. The number of para-hydroxylation sites is 1. The topological polar surface area (TPSA) is 14.8 Å². The number of hydrogen-bond acceptors (Lipinski definition) is 0. The average molecular weight is 1050 g/mol. The Bertz CT molecular complexity index is 4780. The molecule has 0 unspecified atom stereocenters. The summed E-state index contributed by atoms with van der Waals surface area (Å²) in [4.78, 5) is 0. The van der Waals surface area contributed by atoms with Crippen LogP contribution in [0.5, 0.6) is 0 Å². The molecular weight excluding hydrogens is 978 g/mol. The fourth-order valence-corrected chi connectivity index (χ4v) is 15.8. The second-order valence-corrected chi connectivity index (χ2v) is 29.8. The molecule has 0 amide bonds. The molecule has 0 bridgehead atoms. The SMILES string of the molecule is CC(C)c1ccc2c(c1)c1c3c4c(cc1n2-c1ccccc1)c1cc(C(C)C)ccc1n4-c1ccc2c4c1B3c1cc(C(C)(C)C)cc3c5cc(C(C)(C)C)cc(c5n-4c13)C21c2cc(C(C)(C)C)ccc2-c2ccc(C(C)(C)C)cc21. The average Bonchev–Trinajstić information content (AvgIpc) is 1.91. The standard InChI is InChI=1S/C77H74BN3/c1-41(2)43-22-29-62-52(32-43)55-40-65-66(56-33-44(42(3)4)23-30-63(56)79(65)49-20-18-17-19-21-49)68-71(55)80(62)64-31-28-57-72-67(64)78(68)61-39-48(76(14,15)16)35-54-53-34-47(75(11,12)13)38-60(69(53)81(72)70(54)61)77(57)58-36-45(73(5,6)7)24-26-50(58)51-27-25-46(37-59(51)77)74(8,9)10/h17-42H,1-16H3. The van der Waals surface area contributed by atoms with Crippen molar-refractivity contribution < 1.29 is 0 Å². The summed E-state index contributed by atoms with van der Waals surface area (Å²) in [6.07, 6.45) is 0. The molecule has 6 heterocycles. The van der Waals surface area contributed by atoms with Gasteiger partial charge < -0.3 is 13.7 Å². The second kappa shape index (κ2) is 15.5. The summed E-state index contributed by atoms with van der Waals surface area (Å²) < 4.78 is 8.16. The van der Waals surface area contributed by atoms with Gasteiger partial charge in [0.1, 0.15) is 0 Å². The number of benzene rings is 9. The molecule has 0 atom stereocenters. The van der Waals surface area contributed by atoms with E-state index < -0.39 is 5.41 Å². The van der Waals surface area contributed by atoms with Crippen LogP contribution in [-0.2, 0) is 27.1 Å². The van der Waals surface area contributed by atoms with E-state index in [2.05, 4.69) is 270 Å². The Morgan fingerprint density at radius 3 is 1.49 bits per heavy atom. The number of hydrogen-bond donors (Lipinski definition) is 0. The van der Waals surface area contributed by atoms with Gasteiger partial charge in [0.25, 0.3) is 6.71 Å². The van der Waals surface area contributed by atoms with Crippen molar-refractivity contribution in [1.29, 1.82) is 0 Å². The van der Waals surface area contributed by atoms with E-state index in [4.69, 9.17) is 0 Å². The molecule has 12 aromatic rings. The third-order valence-electron chi connectivity index (χ3n) is 20.2. The van der Waals surface area contributed by atoms with Crippen molar-refractivity contribution in [3.8, 4) is 28.2 Å². The predicted octanol–water partition coefficient (Wildman–Crippen LogP) is 18.2. The van der Waals surface area contributed by atoms with Crippen LogP contribution in [0.1, 0.15) is 178 Å². The fraction of sp³-hybridized carbons (Fsp3) is 0.299. The second-order valence-electron chi connectivity index (χ2n) is 29.8. The summed E-state index contributed by atoms with van der Waals surface area (Å²) in [6.45, 7) is 38.2. The summed E-state index contributed by atoms with van der Waals surface area (Å²) in [5.74, 6) is 0.747. The summed E-state index contributed by atoms with van der Waals surface area (Å²) in [6, 6.07) is 59.5. The lowest BCUT2D eigenvalue weighted by molar-refractivity contribution is 0.583. The highest BCUT2D eigenvalue weighted by atomic mass is 15.1. The molecular formula is C77H74BN3. The molecule has 81 heavy (non-hydrogen) atoms. The van der Waals surface area contributed by atoms with E-state index in [0.29, 0.717) is 11.8 Å². The Labute approximate surface area is 478 Å². The lowest BCUT2D eigenvalue weighted by Gasteiger charge is -2.45. The van der Waals surface area contributed by atoms with Crippen LogP contribution in [0.2, 0.25) is 0 Å². The molecule has 3 aliphatic heterocycles. The van der Waals surface area contributed by atoms with Crippen LogP contribution in [0.3, 0.4) is 0 Å². The highest BCUT2D eigenvalue weighted by molar-refractivity contribution is 7.02. The van der Waals surface area contributed by atoms with Gasteiger partial charge in [0.15, 0.2) is 0 Å². The molecule has 3 aromatic heterocycles. The summed E-state index contributed by atoms with van der Waals surface area (Å²) in [5, 5.41) is 8.09. The molecule has 0 fully saturated rings. The van der Waals surface area contributed by atoms with E-state index in [1.807, 2.05) is 0 Å². The molecule has 0 radical (unpaired) electrons. The minimum absolute atomic E-state index is 0.0685. The summed E-state index contributed by atoms with van der Waals surface area (Å²) in [5.41, 5.74) is 31.6. The maximum Gasteiger partial charge on any atom is 0.253 e. The summed E-state index contributed by atoms with van der Waals surface area (Å²) in [7, 11) is 0. The van der Waals surface area contributed by atoms with E-state index in [0.717, 1.165) is 0 Å². The fourth-order valence-electron chi connectivity index (χ4n) is 15.8. The smallest absolute Gasteiger partial charge is 0.253 e. The third kappa shape index (κ3) is 6.17. The lowest BCUT2D eigenvalue weighted by atomic mass is 9.33. The first-order valence-corrected chi connectivity index (χ1v) is 30.2. The Kier molecular flexibility index (Phi) is 9.43. The predicted molar refractivity (Wildman–Crippen MR) is 348 cm³/mol. The monoisotopic (exact) mass is 1050 g/mol. The maximum absolute atomic E-state index is 2.83. The van der Waals surface area contributed by atoms with Crippen LogP contribution in [0.15, 0.2) is 146 Å². The van der Waals surface area contributed by atoms with Crippen LogP contribution in [-0.4, -0.2) is 20.4 Å². The normalized spacial score (nSPS) is 15.0. The molecule has 0 saturated heterocycles. The molecule has 0 saturated carbocycles. The summed E-state index contributed by atoms with van der Waals surface area (Å²) >= 11 is 0. The van der Waals surface area contributed by atoms with E-state index in [1.165, 1.54) is 166 Å². The zero-order valence-electron chi connectivity index (χ0n) is 50.4. The Morgan fingerprint density at radius 2 is 0.914 bits per heavy atom. The Hall–Kier alpha value is -7.56. The van der Waals surface area contributed by atoms with Crippen molar-refractivity contribution in [2.24, 2.45) is 0 Å². The van der Waals surface area contributed by atoms with E-state index in [9.17, 15) is 0 Å². The number of rotatable bonds is 3. The van der Waals surface area contributed by atoms with Crippen molar-refractivity contribution in [3.05, 3.63) is 201 Å². The first kappa shape index (κ1) is 49.3. The van der Waals surface area contributed by atoms with Gasteiger partial charge in [-0.05, 0) is 177 Å². The van der Waals surface area contributed by atoms with E-state index >= 15 is 0 Å². The number of nitrogens with zero attached hydrogens (tertiary/aromatic N) is 3. The van der Waals surface area contributed by atoms with E-state index in [1.54, 1.807) is 0 Å². The van der Waals surface area contributed by atoms with Crippen molar-refractivity contribution in [1.82, 2.24) is 13.7 Å². The first-order valence-electron chi connectivity index (χ1n) is 30.2. The zero-order chi connectivity index (χ0) is 56.3. The van der Waals surface area contributed by atoms with Crippen LogP contribution in [0, 0.1) is 0 Å². The van der Waals surface area contributed by atoms with Gasteiger partial charge in [-0.3, -0.25) is 0 Å². The van der Waals surface area contributed by atoms with Crippen LogP contribution in [0.25, 0.3) is 93.6 Å². The van der Waals surface area contributed by atoms with Crippen LogP contribution in [0.4, 0.5) is 0 Å². The largest absolute Gasteiger partial charge is 0.310 e. The third-order valence-corrected chi connectivity index (χ3v) is 20.2. The van der Waals surface area contributed by atoms with Gasteiger partial charge >= 0.3 is 0 Å². The van der Waals surface area contributed by atoms with Gasteiger partial charge in [-0.25, -0.2) is 0 Å². The molecule has 1 spiro atoms. The van der Waals surface area contributed by atoms with Gasteiger partial charge in [-0.1, -0.05) is 196 Å². The highest BCUT2D eigenvalue weighted by Crippen LogP contribution is 2.63. The van der Waals surface area contributed by atoms with Gasteiger partial charge in [-0.2, -0.15) is 0 Å². The number of aromatic nitrogens is 3. The quantitative estimate of drug-likeness (QED) is 0.157. The molecule has 4 aliphatic rings. The molecule has 400 valence electrons. The molecule has 0 N–H and O–H groups in total. The van der Waals surface area contributed by atoms with Crippen LogP contribution >= 0.6 is 0 Å². The van der Waals surface area contributed by atoms with Crippen LogP contribution < -0.4 is 16.4 Å². The van der Waals surface area contributed by atoms with Gasteiger partial charge in [0.05, 0.1) is 33.0 Å². The van der Waals surface area contributed by atoms with Gasteiger partial charge in [0.2, 0.25) is 0 Å². The minimum atomic E-state index is -0.641. The number of fused-ring (bicyclic) bond motifs is 18. The van der Waals surface area contributed by atoms with Crippen molar-refractivity contribution in [2.45, 2.75) is 150 Å². The minimum Gasteiger partial charge on any atom is -0.310 e. The highest BCUT2D eigenvalue weighted by Gasteiger charge is 2.55. The lowest BCUT2D eigenvalue weighted by Crippen LogP contribution is -2.61. The first-order chi connectivity index (χ1) is 38.4. The Morgan fingerprint density at radius 1 is 0.383 bits per heavy atom. The molecule has 9 aromatic carbocycles. The Balaban J connectivity index is 1.20. The van der Waals surface area contributed by atoms with Crippen molar-refractivity contribution >= 4 is 88.5 Å². The van der Waals surface area contributed by atoms with Crippen molar-refractivity contribution in [3.63, 3.8) is 0 Å². The van der Waals surface area contributed by atoms with Crippen molar-refractivity contribution in [2.75, 3.05) is 0 Å². The molecule has 16 rings (SSSR count). The van der Waals surface area contributed by atoms with Gasteiger partial charge in [0, 0.05) is 54.9 Å². The molecule has 1 aliphatic carbocycles. The molecule has 3 nitrogen and oxygen atoms in total. The van der Waals surface area contributed by atoms with Gasteiger partial charge in [-0.15, -0.1) is 0 Å². The maximum atomic E-state index is 2.83. The van der Waals surface area contributed by atoms with E-state index in [-0.39, 0.29) is 28.4 Å². The zero-order valence-corrected chi connectivity index (χ0v) is 50.4.